The van der Waals surface area contributed by atoms with Gasteiger partial charge in [-0.3, -0.25) is 9.59 Å². The number of amides is 2. The first-order valence-electron chi connectivity index (χ1n) is 30.2. The van der Waals surface area contributed by atoms with E-state index in [1.165, 1.54) is 14.2 Å². The Morgan fingerprint density at radius 2 is 1.24 bits per heavy atom. The number of ether oxygens (including phenoxy) is 8. The molecule has 2 aromatic rings. The summed E-state index contributed by atoms with van der Waals surface area (Å²) in [6, 6.07) is 16.8. The number of imide groups is 1. The number of aliphatic hydroxyl groups is 1. The molecule has 0 unspecified atom stereocenters. The van der Waals surface area contributed by atoms with Gasteiger partial charge < -0.3 is 56.3 Å². The largest absolute Gasteiger partial charge is 0.497 e. The van der Waals surface area contributed by atoms with Crippen LogP contribution in [0.2, 0.25) is 54.4 Å². The molecule has 1 heterocycles. The van der Waals surface area contributed by atoms with Crippen molar-refractivity contribution < 1.29 is 70.7 Å². The van der Waals surface area contributed by atoms with E-state index in [0.717, 1.165) is 33.8 Å². The van der Waals surface area contributed by atoms with Crippen LogP contribution < -0.4 is 4.74 Å². The molecule has 1 aliphatic rings. The number of carbonyl (C=O) groups is 3. The van der Waals surface area contributed by atoms with Crippen molar-refractivity contribution >= 4 is 42.7 Å². The Bertz CT molecular complexity index is 2340. The van der Waals surface area contributed by atoms with E-state index in [2.05, 4.69) is 122 Å². The van der Waals surface area contributed by atoms with Crippen LogP contribution in [0.4, 0.5) is 4.79 Å². The van der Waals surface area contributed by atoms with Crippen molar-refractivity contribution in [2.75, 3.05) is 55.6 Å². The number of nitrogens with zero attached hydrogens (tertiary/aromatic N) is 1. The van der Waals surface area contributed by atoms with E-state index in [-0.39, 0.29) is 59.5 Å². The third kappa shape index (κ3) is 21.3. The van der Waals surface area contributed by atoms with Crippen molar-refractivity contribution in [3.8, 4) is 5.75 Å². The topological polar surface area (TPSA) is 176 Å². The molecular formula is C65H113NO15Si3. The third-order valence-corrected chi connectivity index (χ3v) is 32.0. The van der Waals surface area contributed by atoms with Crippen molar-refractivity contribution in [3.05, 3.63) is 77.4 Å². The maximum Gasteiger partial charge on any atom is 0.417 e. The van der Waals surface area contributed by atoms with Crippen LogP contribution in [-0.4, -0.2) is 163 Å². The Hall–Kier alpha value is -3.16. The molecule has 3 rings (SSSR count). The molecule has 2 amide bonds. The van der Waals surface area contributed by atoms with Gasteiger partial charge in [-0.2, -0.15) is 0 Å². The minimum Gasteiger partial charge on any atom is -0.497 e. The van der Waals surface area contributed by atoms with Crippen LogP contribution in [-0.2, 0) is 69.1 Å². The number of cyclic esters (lactones) is 1. The normalized spacial score (nSPS) is 18.6. The first-order chi connectivity index (χ1) is 38.8. The number of ketones is 1. The SMILES string of the molecule is CC[C@H](/C=C(/C)[C@H](C[C@H](C[C@H](O)C(C)(C)C(=O)[C@H](O[Si](C)(C)C(C)(C)C)[C@@H](C[C@H](C[C@@H](OC)[C@H](OCOC)C(=O)N1C(=O)OC[C@@H]1Cc1ccccc1)O[Si](C)(C)C(C)(C)C)OC)OC)OCc1ccc(OC)cc1)CO[Si](C)(C)C(C)(C)C. The maximum atomic E-state index is 15.8. The first kappa shape index (κ1) is 75.1. The lowest BCUT2D eigenvalue weighted by atomic mass is 9.76. The van der Waals surface area contributed by atoms with Crippen LogP contribution in [0.3, 0.4) is 0 Å². The maximum absolute atomic E-state index is 15.8. The number of hydrogen-bond acceptors (Lipinski definition) is 15. The zero-order chi connectivity index (χ0) is 63.8. The van der Waals surface area contributed by atoms with Gasteiger partial charge in [-0.1, -0.05) is 132 Å². The number of carbonyl (C=O) groups excluding carboxylic acids is 3. The quantitative estimate of drug-likeness (QED) is 0.0387. The number of Topliss-reactive ketones (excluding diaryl/α,β-unsaturated/α-hetero) is 1. The molecule has 0 radical (unpaired) electrons. The minimum absolute atomic E-state index is 0.0203. The lowest BCUT2D eigenvalue weighted by molar-refractivity contribution is -0.167. The van der Waals surface area contributed by atoms with Crippen LogP contribution in [0.1, 0.15) is 133 Å². The number of hydrogen-bond donors (Lipinski definition) is 1. The van der Waals surface area contributed by atoms with Crippen molar-refractivity contribution in [1.82, 2.24) is 4.90 Å². The van der Waals surface area contributed by atoms with Gasteiger partial charge in [-0.05, 0) is 109 Å². The van der Waals surface area contributed by atoms with Crippen LogP contribution >= 0.6 is 0 Å². The van der Waals surface area contributed by atoms with Gasteiger partial charge >= 0.3 is 6.09 Å². The summed E-state index contributed by atoms with van der Waals surface area (Å²) < 4.78 is 69.3. The summed E-state index contributed by atoms with van der Waals surface area (Å²) in [6.45, 7) is 41.0. The smallest absolute Gasteiger partial charge is 0.417 e. The molecule has 480 valence electrons. The number of aliphatic hydroxyl groups excluding tert-OH is 1. The van der Waals surface area contributed by atoms with Gasteiger partial charge in [0.2, 0.25) is 0 Å². The van der Waals surface area contributed by atoms with Gasteiger partial charge in [0.15, 0.2) is 36.8 Å². The molecule has 1 aliphatic heterocycles. The van der Waals surface area contributed by atoms with Crippen molar-refractivity contribution in [2.24, 2.45) is 11.3 Å². The van der Waals surface area contributed by atoms with Crippen molar-refractivity contribution in [1.29, 1.82) is 0 Å². The summed E-state index contributed by atoms with van der Waals surface area (Å²) in [5.74, 6) is -0.0615. The lowest BCUT2D eigenvalue weighted by Crippen LogP contribution is -2.56. The van der Waals surface area contributed by atoms with E-state index >= 15 is 4.79 Å². The van der Waals surface area contributed by atoms with Crippen LogP contribution in [0.25, 0.3) is 0 Å². The third-order valence-electron chi connectivity index (χ3n) is 18.5. The molecule has 0 aromatic heterocycles. The summed E-state index contributed by atoms with van der Waals surface area (Å²) in [6.07, 6.45) is -3.70. The molecule has 0 bridgehead atoms. The molecular weight excluding hydrogens is 1120 g/mol. The zero-order valence-corrected chi connectivity index (χ0v) is 59.2. The Balaban J connectivity index is 2.10. The fourth-order valence-corrected chi connectivity index (χ4v) is 13.1. The molecule has 19 heteroatoms. The number of rotatable bonds is 36. The highest BCUT2D eigenvalue weighted by Crippen LogP contribution is 2.43. The minimum atomic E-state index is -2.78. The van der Waals surface area contributed by atoms with E-state index in [1.807, 2.05) is 54.6 Å². The predicted molar refractivity (Wildman–Crippen MR) is 341 cm³/mol. The van der Waals surface area contributed by atoms with E-state index in [0.29, 0.717) is 26.1 Å². The van der Waals surface area contributed by atoms with Crippen molar-refractivity contribution in [3.63, 3.8) is 0 Å². The van der Waals surface area contributed by atoms with Crippen LogP contribution in [0, 0.1) is 11.3 Å². The van der Waals surface area contributed by atoms with Gasteiger partial charge in [-0.15, -0.1) is 0 Å². The summed E-state index contributed by atoms with van der Waals surface area (Å²) in [7, 11) is 0.341. The second-order valence-electron chi connectivity index (χ2n) is 28.2. The van der Waals surface area contributed by atoms with E-state index in [9.17, 15) is 14.7 Å². The highest BCUT2D eigenvalue weighted by atomic mass is 28.4. The highest BCUT2D eigenvalue weighted by Gasteiger charge is 2.51. The Morgan fingerprint density at radius 1 is 0.690 bits per heavy atom. The molecule has 2 aromatic carbocycles. The zero-order valence-electron chi connectivity index (χ0n) is 56.2. The summed E-state index contributed by atoms with van der Waals surface area (Å²) in [4.78, 5) is 45.2. The average Bonchev–Trinajstić information content (AvgIpc) is 2.82. The second kappa shape index (κ2) is 32.4. The monoisotopic (exact) mass is 1230 g/mol. The molecule has 0 spiro atoms. The first-order valence-corrected chi connectivity index (χ1v) is 38.9. The van der Waals surface area contributed by atoms with Gasteiger partial charge in [0.05, 0.1) is 61.8 Å². The van der Waals surface area contributed by atoms with Gasteiger partial charge in [-0.25, -0.2) is 9.69 Å². The molecule has 16 nitrogen and oxygen atoms in total. The van der Waals surface area contributed by atoms with Gasteiger partial charge in [0.1, 0.15) is 25.3 Å². The molecule has 1 fully saturated rings. The van der Waals surface area contributed by atoms with Gasteiger partial charge in [0, 0.05) is 60.7 Å². The molecule has 1 N–H and O–H groups in total. The molecule has 84 heavy (non-hydrogen) atoms. The van der Waals surface area contributed by atoms with Crippen molar-refractivity contribution in [2.45, 2.75) is 244 Å². The summed E-state index contributed by atoms with van der Waals surface area (Å²) in [5.41, 5.74) is 1.55. The van der Waals surface area contributed by atoms with Crippen LogP contribution in [0.15, 0.2) is 66.2 Å². The summed E-state index contributed by atoms with van der Waals surface area (Å²) in [5, 5.41) is 12.1. The fourth-order valence-electron chi connectivity index (χ4n) is 9.37. The second-order valence-corrected chi connectivity index (χ2v) is 42.5. The van der Waals surface area contributed by atoms with E-state index in [4.69, 9.17) is 51.2 Å². The number of benzene rings is 2. The predicted octanol–water partition coefficient (Wildman–Crippen LogP) is 13.5. The van der Waals surface area contributed by atoms with Crippen LogP contribution in [0.5, 0.6) is 5.75 Å². The Labute approximate surface area is 510 Å². The van der Waals surface area contributed by atoms with Gasteiger partial charge in [0.25, 0.3) is 5.91 Å². The molecule has 0 aliphatic carbocycles. The summed E-state index contributed by atoms with van der Waals surface area (Å²) >= 11 is 0. The Morgan fingerprint density at radius 3 is 1.74 bits per heavy atom. The van der Waals surface area contributed by atoms with E-state index in [1.54, 1.807) is 35.2 Å². The Kier molecular flexibility index (Phi) is 28.9. The lowest BCUT2D eigenvalue weighted by Gasteiger charge is -2.45. The molecule has 10 atom stereocenters. The molecule has 1 saturated heterocycles. The average molecular weight is 1230 g/mol. The molecule has 0 saturated carbocycles. The highest BCUT2D eigenvalue weighted by molar-refractivity contribution is 6.75. The fraction of sp³-hybridized carbons (Fsp3) is 0.738. The van der Waals surface area contributed by atoms with E-state index < -0.39 is 97.2 Å². The number of methoxy groups -OCH3 is 5. The standard InChI is InChI=1S/C65H113NO15Si3/c1-25-46(42-79-82(19,20)62(3,4)5)35-45(2)53(76-41-48-31-33-50(72-15)34-32-48)37-51(73-16)40-56(67)65(12,13)59(68)57(81-84(23,24)64(9,10)11)54(74-17)38-52(80-83(21,22)63(6,7)8)39-55(75-18)58(78-44-71-14)60(69)66-49(43-77-61(66)70)36-47-29-27-26-28-30-47/h26-35,46,49,51-58,67H,25,36-44H2,1-24H3/b45-35-/t46-,49+,51-,52-,53+,54-,55-,56+,57-,58+/m1/s1.